The van der Waals surface area contributed by atoms with Crippen molar-refractivity contribution in [2.24, 2.45) is 39.6 Å². The first-order chi connectivity index (χ1) is 17.4. The van der Waals surface area contributed by atoms with Crippen molar-refractivity contribution >= 4 is 29.7 Å². The summed E-state index contributed by atoms with van der Waals surface area (Å²) in [5.41, 5.74) is 27.7. The summed E-state index contributed by atoms with van der Waals surface area (Å²) >= 11 is 0. The topological polar surface area (TPSA) is 267 Å². The van der Waals surface area contributed by atoms with Crippen molar-refractivity contribution < 1.29 is 24.3 Å². The average Bonchev–Trinajstić information content (AvgIpc) is 2.82. The first-order valence-electron chi connectivity index (χ1n) is 12.8. The Morgan fingerprint density at radius 3 is 1.73 bits per heavy atom. The zero-order valence-electron chi connectivity index (χ0n) is 22.1. The first kappa shape index (κ1) is 34.0. The zero-order chi connectivity index (χ0) is 28.4. The van der Waals surface area contributed by atoms with Crippen LogP contribution in [-0.4, -0.2) is 78.6 Å². The van der Waals surface area contributed by atoms with Crippen LogP contribution in [0.1, 0.15) is 65.2 Å². The molecule has 0 saturated carbocycles. The average molecular weight is 530 g/mol. The Morgan fingerprint density at radius 1 is 0.757 bits per heavy atom. The molecule has 14 N–H and O–H groups in total. The molecule has 0 fully saturated rings. The molecule has 14 heteroatoms. The Labute approximate surface area is 218 Å². The molecule has 0 aromatic carbocycles. The van der Waals surface area contributed by atoms with Crippen molar-refractivity contribution in [3.8, 4) is 0 Å². The van der Waals surface area contributed by atoms with E-state index < -0.39 is 47.9 Å². The van der Waals surface area contributed by atoms with Crippen LogP contribution < -0.4 is 44.6 Å². The van der Waals surface area contributed by atoms with Crippen LogP contribution in [0.2, 0.25) is 0 Å². The van der Waals surface area contributed by atoms with Gasteiger partial charge in [0, 0.05) is 6.54 Å². The molecule has 0 saturated heterocycles. The highest BCUT2D eigenvalue weighted by Gasteiger charge is 2.31. The molecule has 0 aliphatic carbocycles. The smallest absolute Gasteiger partial charge is 0.326 e. The van der Waals surface area contributed by atoms with E-state index in [0.717, 1.165) is 6.42 Å². The highest BCUT2D eigenvalue weighted by Crippen LogP contribution is 2.08. The fraction of sp³-hybridized carbons (Fsp3) is 0.783. The van der Waals surface area contributed by atoms with Crippen LogP contribution in [0, 0.1) is 5.92 Å². The van der Waals surface area contributed by atoms with Gasteiger partial charge in [-0.15, -0.1) is 0 Å². The van der Waals surface area contributed by atoms with E-state index in [1.807, 2.05) is 0 Å². The Kier molecular flexibility index (Phi) is 17.6. The molecule has 4 unspecified atom stereocenters. The summed E-state index contributed by atoms with van der Waals surface area (Å²) in [5.74, 6) is -3.38. The number of hydrogen-bond acceptors (Lipinski definition) is 8. The van der Waals surface area contributed by atoms with Crippen molar-refractivity contribution in [2.75, 3.05) is 19.6 Å². The van der Waals surface area contributed by atoms with Crippen LogP contribution in [0.5, 0.6) is 0 Å². The van der Waals surface area contributed by atoms with Crippen LogP contribution >= 0.6 is 0 Å². The van der Waals surface area contributed by atoms with Crippen LogP contribution in [0.15, 0.2) is 4.99 Å². The molecule has 214 valence electrons. The second kappa shape index (κ2) is 19.2. The zero-order valence-corrected chi connectivity index (χ0v) is 22.1. The standard InChI is InChI=1S/C23H47N9O5/c1-14(2)18(22(36)37)32-21(35)16(9-4-6-12-25)31-20(34)17(10-7-13-29-23(27)28)30-19(33)15(26)8-3-5-11-24/h14-18H,3-13,24-26H2,1-2H3,(H,30,33)(H,31,34)(H,32,35)(H,36,37)(H4,27,28,29). The van der Waals surface area contributed by atoms with E-state index in [-0.39, 0.29) is 31.3 Å². The van der Waals surface area contributed by atoms with Crippen LogP contribution in [0.4, 0.5) is 0 Å². The van der Waals surface area contributed by atoms with Crippen molar-refractivity contribution in [3.63, 3.8) is 0 Å². The Hall–Kier alpha value is -2.97. The normalized spacial score (nSPS) is 14.2. The van der Waals surface area contributed by atoms with Crippen molar-refractivity contribution in [2.45, 2.75) is 89.4 Å². The summed E-state index contributed by atoms with van der Waals surface area (Å²) in [7, 11) is 0. The molecule has 0 heterocycles. The van der Waals surface area contributed by atoms with Gasteiger partial charge in [0.2, 0.25) is 17.7 Å². The van der Waals surface area contributed by atoms with Crippen LogP contribution in [0.3, 0.4) is 0 Å². The molecule has 14 nitrogen and oxygen atoms in total. The number of rotatable bonds is 20. The molecular weight excluding hydrogens is 482 g/mol. The van der Waals surface area contributed by atoms with Gasteiger partial charge in [-0.25, -0.2) is 4.79 Å². The van der Waals surface area contributed by atoms with E-state index >= 15 is 0 Å². The predicted molar refractivity (Wildman–Crippen MR) is 142 cm³/mol. The minimum Gasteiger partial charge on any atom is -0.480 e. The Morgan fingerprint density at radius 2 is 1.24 bits per heavy atom. The van der Waals surface area contributed by atoms with E-state index in [4.69, 9.17) is 28.7 Å². The predicted octanol–water partition coefficient (Wildman–Crippen LogP) is -2.18. The lowest BCUT2D eigenvalue weighted by Crippen LogP contribution is -2.57. The maximum Gasteiger partial charge on any atom is 0.326 e. The SMILES string of the molecule is CC(C)C(NC(=O)C(CCCCN)NC(=O)C(CCCN=C(N)N)NC(=O)C(N)CCCCN)C(=O)O. The molecule has 0 radical (unpaired) electrons. The molecule has 3 amide bonds. The molecule has 0 rings (SSSR count). The second-order valence-corrected chi connectivity index (χ2v) is 9.32. The van der Waals surface area contributed by atoms with E-state index in [1.165, 1.54) is 0 Å². The fourth-order valence-electron chi connectivity index (χ4n) is 3.49. The minimum absolute atomic E-state index is 0.0956. The van der Waals surface area contributed by atoms with Gasteiger partial charge in [-0.05, 0) is 64.0 Å². The number of aliphatic carboxylic acids is 1. The van der Waals surface area contributed by atoms with E-state index in [1.54, 1.807) is 13.8 Å². The Bertz CT molecular complexity index is 744. The first-order valence-corrected chi connectivity index (χ1v) is 12.8. The Balaban J connectivity index is 5.57. The molecule has 0 aromatic rings. The summed E-state index contributed by atoms with van der Waals surface area (Å²) in [6.45, 7) is 4.45. The molecular formula is C23H47N9O5. The number of carboxylic acid groups (broad SMARTS) is 1. The largest absolute Gasteiger partial charge is 0.480 e. The number of carboxylic acids is 1. The fourth-order valence-corrected chi connectivity index (χ4v) is 3.49. The number of nitrogens with one attached hydrogen (secondary N) is 3. The molecule has 0 aromatic heterocycles. The van der Waals surface area contributed by atoms with Crippen molar-refractivity contribution in [3.05, 3.63) is 0 Å². The number of nitrogens with zero attached hydrogens (tertiary/aromatic N) is 1. The summed E-state index contributed by atoms with van der Waals surface area (Å²) in [5, 5.41) is 17.2. The third kappa shape index (κ3) is 15.0. The van der Waals surface area contributed by atoms with Gasteiger partial charge in [-0.2, -0.15) is 0 Å². The van der Waals surface area contributed by atoms with Crippen LogP contribution in [0.25, 0.3) is 0 Å². The minimum atomic E-state index is -1.18. The van der Waals surface area contributed by atoms with Crippen molar-refractivity contribution in [1.82, 2.24) is 16.0 Å². The van der Waals surface area contributed by atoms with Gasteiger partial charge in [0.1, 0.15) is 18.1 Å². The van der Waals surface area contributed by atoms with Gasteiger partial charge in [-0.3, -0.25) is 19.4 Å². The van der Waals surface area contributed by atoms with E-state index in [2.05, 4.69) is 20.9 Å². The van der Waals surface area contributed by atoms with E-state index in [0.29, 0.717) is 45.2 Å². The van der Waals surface area contributed by atoms with Gasteiger partial charge in [0.15, 0.2) is 5.96 Å². The van der Waals surface area contributed by atoms with Crippen molar-refractivity contribution in [1.29, 1.82) is 0 Å². The maximum absolute atomic E-state index is 13.2. The molecule has 0 aliphatic rings. The third-order valence-corrected chi connectivity index (χ3v) is 5.69. The molecule has 4 atom stereocenters. The highest BCUT2D eigenvalue weighted by atomic mass is 16.4. The lowest BCUT2D eigenvalue weighted by atomic mass is 10.0. The van der Waals surface area contributed by atoms with E-state index in [9.17, 15) is 24.3 Å². The number of carbonyl (C=O) groups excluding carboxylic acids is 3. The molecule has 0 spiro atoms. The monoisotopic (exact) mass is 529 g/mol. The van der Waals surface area contributed by atoms with Crippen LogP contribution in [-0.2, 0) is 19.2 Å². The summed E-state index contributed by atoms with van der Waals surface area (Å²) in [6, 6.07) is -3.98. The summed E-state index contributed by atoms with van der Waals surface area (Å²) in [4.78, 5) is 54.2. The number of hydrogen-bond donors (Lipinski definition) is 9. The van der Waals surface area contributed by atoms with Gasteiger partial charge in [-0.1, -0.05) is 20.3 Å². The number of carbonyl (C=O) groups is 4. The van der Waals surface area contributed by atoms with Gasteiger partial charge in [0.05, 0.1) is 6.04 Å². The molecule has 37 heavy (non-hydrogen) atoms. The second-order valence-electron chi connectivity index (χ2n) is 9.32. The third-order valence-electron chi connectivity index (χ3n) is 5.69. The molecule has 0 bridgehead atoms. The molecule has 0 aliphatic heterocycles. The maximum atomic E-state index is 13.2. The number of amides is 3. The lowest BCUT2D eigenvalue weighted by molar-refractivity contribution is -0.143. The van der Waals surface area contributed by atoms with Gasteiger partial charge in [0.25, 0.3) is 0 Å². The number of nitrogens with two attached hydrogens (primary N) is 5. The number of guanidine groups is 1. The van der Waals surface area contributed by atoms with Gasteiger partial charge >= 0.3 is 5.97 Å². The quantitative estimate of drug-likeness (QED) is 0.0467. The number of aliphatic imine (C=N–C) groups is 1. The summed E-state index contributed by atoms with van der Waals surface area (Å²) in [6.07, 6.45) is 3.73. The lowest BCUT2D eigenvalue weighted by Gasteiger charge is -2.26. The van der Waals surface area contributed by atoms with Gasteiger partial charge < -0.3 is 49.7 Å². The number of unbranched alkanes of at least 4 members (excludes halogenated alkanes) is 2. The highest BCUT2D eigenvalue weighted by molar-refractivity contribution is 5.94. The summed E-state index contributed by atoms with van der Waals surface area (Å²) < 4.78 is 0.